The number of nitrogens with zero attached hydrogens (tertiary/aromatic N) is 1. The van der Waals surface area contributed by atoms with Crippen LogP contribution in [-0.2, 0) is 11.3 Å². The van der Waals surface area contributed by atoms with Crippen molar-refractivity contribution in [2.45, 2.75) is 51.3 Å². The van der Waals surface area contributed by atoms with Crippen LogP contribution in [0.25, 0.3) is 0 Å². The second kappa shape index (κ2) is 5.93. The smallest absolute Gasteiger partial charge is 0.0634 e. The summed E-state index contributed by atoms with van der Waals surface area (Å²) in [5, 5.41) is 0. The summed E-state index contributed by atoms with van der Waals surface area (Å²) >= 11 is 0. The van der Waals surface area contributed by atoms with Crippen LogP contribution in [0.2, 0.25) is 0 Å². The van der Waals surface area contributed by atoms with Crippen LogP contribution in [0.1, 0.15) is 38.7 Å². The van der Waals surface area contributed by atoms with Gasteiger partial charge in [0, 0.05) is 31.9 Å². The highest BCUT2D eigenvalue weighted by Crippen LogP contribution is 2.30. The van der Waals surface area contributed by atoms with Crippen LogP contribution >= 0.6 is 0 Å². The van der Waals surface area contributed by atoms with Gasteiger partial charge in [0.25, 0.3) is 0 Å². The van der Waals surface area contributed by atoms with Gasteiger partial charge in [-0.05, 0) is 44.7 Å². The summed E-state index contributed by atoms with van der Waals surface area (Å²) in [4.78, 5) is 2.55. The lowest BCUT2D eigenvalue weighted by Gasteiger charge is -2.29. The minimum atomic E-state index is -0.0463. The minimum Gasteiger partial charge on any atom is -0.398 e. The van der Waals surface area contributed by atoms with Crippen LogP contribution in [0.5, 0.6) is 0 Å². The van der Waals surface area contributed by atoms with Gasteiger partial charge in [-0.2, -0.15) is 0 Å². The zero-order chi connectivity index (χ0) is 13.9. The molecular formula is C16H26N2O. The Balaban J connectivity index is 1.95. The van der Waals surface area contributed by atoms with E-state index in [-0.39, 0.29) is 5.60 Å². The first-order valence-electron chi connectivity index (χ1n) is 7.14. The van der Waals surface area contributed by atoms with Gasteiger partial charge in [-0.15, -0.1) is 0 Å². The lowest BCUT2D eigenvalue weighted by molar-refractivity contribution is 0.00612. The second-order valence-corrected chi connectivity index (χ2v) is 6.11. The van der Waals surface area contributed by atoms with Crippen molar-refractivity contribution in [3.8, 4) is 0 Å². The number of para-hydroxylation sites is 1. The number of hydrogen-bond acceptors (Lipinski definition) is 3. The van der Waals surface area contributed by atoms with Crippen molar-refractivity contribution in [1.29, 1.82) is 0 Å². The number of benzene rings is 1. The van der Waals surface area contributed by atoms with E-state index in [4.69, 9.17) is 10.5 Å². The van der Waals surface area contributed by atoms with E-state index in [1.165, 1.54) is 18.4 Å². The molecule has 1 saturated carbocycles. The Hall–Kier alpha value is -1.06. The first-order chi connectivity index (χ1) is 9.02. The Kier molecular flexibility index (Phi) is 4.48. The molecule has 1 aliphatic carbocycles. The van der Waals surface area contributed by atoms with Crippen molar-refractivity contribution in [3.63, 3.8) is 0 Å². The summed E-state index contributed by atoms with van der Waals surface area (Å²) < 4.78 is 5.51. The van der Waals surface area contributed by atoms with Crippen molar-refractivity contribution in [1.82, 2.24) is 4.90 Å². The molecule has 0 atom stereocenters. The average molecular weight is 262 g/mol. The number of rotatable bonds is 7. The van der Waals surface area contributed by atoms with Gasteiger partial charge in [-0.1, -0.05) is 18.2 Å². The largest absolute Gasteiger partial charge is 0.398 e. The Morgan fingerprint density at radius 1 is 1.32 bits per heavy atom. The highest BCUT2D eigenvalue weighted by molar-refractivity contribution is 5.46. The lowest BCUT2D eigenvalue weighted by Crippen LogP contribution is -2.33. The van der Waals surface area contributed by atoms with Gasteiger partial charge in [0.1, 0.15) is 0 Å². The number of nitrogens with two attached hydrogens (primary N) is 1. The molecule has 0 aliphatic heterocycles. The van der Waals surface area contributed by atoms with E-state index in [9.17, 15) is 0 Å². The van der Waals surface area contributed by atoms with E-state index >= 15 is 0 Å². The fourth-order valence-electron chi connectivity index (χ4n) is 2.24. The molecular weight excluding hydrogens is 236 g/mol. The van der Waals surface area contributed by atoms with Crippen LogP contribution in [-0.4, -0.2) is 30.2 Å². The predicted molar refractivity (Wildman–Crippen MR) is 80.0 cm³/mol. The molecule has 0 radical (unpaired) electrons. The fourth-order valence-corrected chi connectivity index (χ4v) is 2.24. The molecule has 1 aliphatic rings. The van der Waals surface area contributed by atoms with Crippen molar-refractivity contribution < 1.29 is 4.74 Å². The van der Waals surface area contributed by atoms with Gasteiger partial charge >= 0.3 is 0 Å². The van der Waals surface area contributed by atoms with Crippen molar-refractivity contribution in [3.05, 3.63) is 29.8 Å². The SMILES string of the molecule is COC(C)(C)CCN(Cc1ccccc1N)C1CC1. The lowest BCUT2D eigenvalue weighted by atomic mass is 10.0. The maximum absolute atomic E-state index is 6.05. The Bertz CT molecular complexity index is 413. The van der Waals surface area contributed by atoms with Crippen LogP contribution in [0, 0.1) is 0 Å². The van der Waals surface area contributed by atoms with Crippen LogP contribution in [0.15, 0.2) is 24.3 Å². The standard InChI is InChI=1S/C16H26N2O/c1-16(2,19-3)10-11-18(14-8-9-14)12-13-6-4-5-7-15(13)17/h4-7,14H,8-12,17H2,1-3H3. The van der Waals surface area contributed by atoms with Gasteiger partial charge in [0.05, 0.1) is 5.60 Å². The number of methoxy groups -OCH3 is 1. The van der Waals surface area contributed by atoms with Gasteiger partial charge < -0.3 is 10.5 Å². The number of ether oxygens (including phenoxy) is 1. The Morgan fingerprint density at radius 3 is 2.58 bits per heavy atom. The Morgan fingerprint density at radius 2 is 2.00 bits per heavy atom. The van der Waals surface area contributed by atoms with Crippen molar-refractivity contribution in [2.24, 2.45) is 0 Å². The molecule has 2 rings (SSSR count). The molecule has 0 aromatic heterocycles. The molecule has 3 nitrogen and oxygen atoms in total. The van der Waals surface area contributed by atoms with Gasteiger partial charge in [0.15, 0.2) is 0 Å². The Labute approximate surface area is 116 Å². The van der Waals surface area contributed by atoms with Gasteiger partial charge in [0.2, 0.25) is 0 Å². The highest BCUT2D eigenvalue weighted by Gasteiger charge is 2.30. The van der Waals surface area contributed by atoms with E-state index in [0.29, 0.717) is 0 Å². The maximum atomic E-state index is 6.05. The molecule has 0 saturated heterocycles. The summed E-state index contributed by atoms with van der Waals surface area (Å²) in [7, 11) is 1.79. The molecule has 0 bridgehead atoms. The summed E-state index contributed by atoms with van der Waals surface area (Å²) in [6.45, 7) is 6.32. The minimum absolute atomic E-state index is 0.0463. The van der Waals surface area contributed by atoms with Crippen molar-refractivity contribution in [2.75, 3.05) is 19.4 Å². The monoisotopic (exact) mass is 262 g/mol. The third-order valence-electron chi connectivity index (χ3n) is 4.05. The quantitative estimate of drug-likeness (QED) is 0.768. The zero-order valence-corrected chi connectivity index (χ0v) is 12.4. The topological polar surface area (TPSA) is 38.5 Å². The van der Waals surface area contributed by atoms with E-state index in [0.717, 1.165) is 31.2 Å². The molecule has 2 N–H and O–H groups in total. The molecule has 0 unspecified atom stereocenters. The van der Waals surface area contributed by atoms with Crippen molar-refractivity contribution >= 4 is 5.69 Å². The number of nitrogen functional groups attached to an aromatic ring is 1. The second-order valence-electron chi connectivity index (χ2n) is 6.11. The van der Waals surface area contributed by atoms with E-state index in [1.807, 2.05) is 12.1 Å². The van der Waals surface area contributed by atoms with Crippen LogP contribution in [0.3, 0.4) is 0 Å². The predicted octanol–water partition coefficient (Wildman–Crippen LogP) is 3.05. The fraction of sp³-hybridized carbons (Fsp3) is 0.625. The highest BCUT2D eigenvalue weighted by atomic mass is 16.5. The van der Waals surface area contributed by atoms with E-state index in [1.54, 1.807) is 7.11 Å². The molecule has 1 aromatic rings. The molecule has 3 heteroatoms. The molecule has 1 aromatic carbocycles. The summed E-state index contributed by atoms with van der Waals surface area (Å²) in [6, 6.07) is 8.92. The first-order valence-corrected chi connectivity index (χ1v) is 7.14. The molecule has 0 amide bonds. The molecule has 106 valence electrons. The zero-order valence-electron chi connectivity index (χ0n) is 12.4. The molecule has 19 heavy (non-hydrogen) atoms. The number of hydrogen-bond donors (Lipinski definition) is 1. The first kappa shape index (κ1) is 14.4. The van der Waals surface area contributed by atoms with Gasteiger partial charge in [-0.3, -0.25) is 4.90 Å². The number of anilines is 1. The van der Waals surface area contributed by atoms with Gasteiger partial charge in [-0.25, -0.2) is 0 Å². The third-order valence-corrected chi connectivity index (χ3v) is 4.05. The molecule has 1 fully saturated rings. The van der Waals surface area contributed by atoms with Crippen LogP contribution < -0.4 is 5.73 Å². The summed E-state index contributed by atoms with van der Waals surface area (Å²) in [6.07, 6.45) is 3.69. The summed E-state index contributed by atoms with van der Waals surface area (Å²) in [5.74, 6) is 0. The normalized spacial score (nSPS) is 16.0. The molecule has 0 heterocycles. The van der Waals surface area contributed by atoms with Crippen LogP contribution in [0.4, 0.5) is 5.69 Å². The molecule has 0 spiro atoms. The maximum Gasteiger partial charge on any atom is 0.0634 e. The van der Waals surface area contributed by atoms with E-state index in [2.05, 4.69) is 30.9 Å². The van der Waals surface area contributed by atoms with E-state index < -0.39 is 0 Å². The average Bonchev–Trinajstić information content (AvgIpc) is 3.21. The summed E-state index contributed by atoms with van der Waals surface area (Å²) in [5.41, 5.74) is 8.14. The third kappa shape index (κ3) is 4.22.